The largest absolute Gasteiger partial charge is 0.0727 e. The third-order valence-corrected chi connectivity index (χ3v) is 2.48. The van der Waals surface area contributed by atoms with E-state index in [0.29, 0.717) is 0 Å². The Labute approximate surface area is 87.7 Å². The van der Waals surface area contributed by atoms with Crippen molar-refractivity contribution in [2.45, 2.75) is 40.5 Å². The van der Waals surface area contributed by atoms with E-state index in [-0.39, 0.29) is 0 Å². The standard InChI is InChI=1S/C14H20/c1-5-6-11(2)9-14-10-12(3)7-8-13(14)4/h7-10H,5-6H2,1-4H3. The minimum atomic E-state index is 1.20. The second-order valence-corrected chi connectivity index (χ2v) is 4.10. The number of hydrogen-bond donors (Lipinski definition) is 0. The summed E-state index contributed by atoms with van der Waals surface area (Å²) in [5.41, 5.74) is 5.55. The molecule has 0 unspecified atom stereocenters. The molecule has 0 fully saturated rings. The van der Waals surface area contributed by atoms with Gasteiger partial charge in [0, 0.05) is 0 Å². The molecule has 0 heteroatoms. The van der Waals surface area contributed by atoms with Crippen molar-refractivity contribution in [3.63, 3.8) is 0 Å². The fourth-order valence-electron chi connectivity index (χ4n) is 1.65. The normalized spacial score (nSPS) is 11.9. The monoisotopic (exact) mass is 188 g/mol. The molecule has 1 rings (SSSR count). The van der Waals surface area contributed by atoms with E-state index < -0.39 is 0 Å². The predicted octanol–water partition coefficient (Wildman–Crippen LogP) is 4.51. The van der Waals surface area contributed by atoms with Crippen LogP contribution in [0, 0.1) is 13.8 Å². The van der Waals surface area contributed by atoms with Crippen molar-refractivity contribution in [2.75, 3.05) is 0 Å². The molecule has 0 aliphatic heterocycles. The smallest absolute Gasteiger partial charge is 0.0225 e. The molecule has 76 valence electrons. The van der Waals surface area contributed by atoms with Crippen LogP contribution in [0.5, 0.6) is 0 Å². The van der Waals surface area contributed by atoms with Crippen LogP contribution in [-0.4, -0.2) is 0 Å². The Balaban J connectivity index is 2.95. The van der Waals surface area contributed by atoms with Crippen molar-refractivity contribution in [3.8, 4) is 0 Å². The van der Waals surface area contributed by atoms with Crippen molar-refractivity contribution in [1.82, 2.24) is 0 Å². The average molecular weight is 188 g/mol. The van der Waals surface area contributed by atoms with Crippen LogP contribution in [-0.2, 0) is 0 Å². The lowest BCUT2D eigenvalue weighted by Crippen LogP contribution is -1.84. The average Bonchev–Trinajstić information content (AvgIpc) is 2.12. The molecule has 1 aromatic rings. The summed E-state index contributed by atoms with van der Waals surface area (Å²) in [5.74, 6) is 0. The Morgan fingerprint density at radius 2 is 2.00 bits per heavy atom. The molecule has 0 heterocycles. The quantitative estimate of drug-likeness (QED) is 0.655. The van der Waals surface area contributed by atoms with E-state index in [2.05, 4.69) is 52.0 Å². The van der Waals surface area contributed by atoms with E-state index in [0.717, 1.165) is 0 Å². The van der Waals surface area contributed by atoms with Gasteiger partial charge in [0.1, 0.15) is 0 Å². The van der Waals surface area contributed by atoms with Gasteiger partial charge in [-0.2, -0.15) is 0 Å². The first-order valence-corrected chi connectivity index (χ1v) is 5.38. The van der Waals surface area contributed by atoms with E-state index in [1.165, 1.54) is 35.1 Å². The Morgan fingerprint density at radius 1 is 1.29 bits per heavy atom. The van der Waals surface area contributed by atoms with E-state index in [9.17, 15) is 0 Å². The van der Waals surface area contributed by atoms with Crippen LogP contribution >= 0.6 is 0 Å². The molecule has 14 heavy (non-hydrogen) atoms. The lowest BCUT2D eigenvalue weighted by atomic mass is 10.0. The number of rotatable bonds is 3. The van der Waals surface area contributed by atoms with Crippen LogP contribution in [0.1, 0.15) is 43.4 Å². The molecule has 0 spiro atoms. The molecular weight excluding hydrogens is 168 g/mol. The Bertz CT molecular complexity index is 332. The molecule has 0 bridgehead atoms. The Morgan fingerprint density at radius 3 is 2.64 bits per heavy atom. The molecule has 1 aromatic carbocycles. The molecule has 0 radical (unpaired) electrons. The lowest BCUT2D eigenvalue weighted by molar-refractivity contribution is 0.911. The molecular formula is C14H20. The summed E-state index contributed by atoms with van der Waals surface area (Å²) < 4.78 is 0. The van der Waals surface area contributed by atoms with Gasteiger partial charge >= 0.3 is 0 Å². The molecule has 0 N–H and O–H groups in total. The third kappa shape index (κ3) is 3.02. The maximum Gasteiger partial charge on any atom is -0.0225 e. The molecule has 0 nitrogen and oxygen atoms in total. The summed E-state index contributed by atoms with van der Waals surface area (Å²) in [6, 6.07) is 6.62. The number of hydrogen-bond acceptors (Lipinski definition) is 0. The number of allylic oxidation sites excluding steroid dienone is 1. The Hall–Kier alpha value is -1.04. The summed E-state index contributed by atoms with van der Waals surface area (Å²) in [4.78, 5) is 0. The van der Waals surface area contributed by atoms with Crippen molar-refractivity contribution < 1.29 is 0 Å². The van der Waals surface area contributed by atoms with Gasteiger partial charge in [0.2, 0.25) is 0 Å². The van der Waals surface area contributed by atoms with Gasteiger partial charge in [-0.1, -0.05) is 48.8 Å². The summed E-state index contributed by atoms with van der Waals surface area (Å²) in [5, 5.41) is 0. The highest BCUT2D eigenvalue weighted by molar-refractivity contribution is 5.57. The van der Waals surface area contributed by atoms with Crippen LogP contribution in [0.25, 0.3) is 6.08 Å². The van der Waals surface area contributed by atoms with Gasteiger partial charge < -0.3 is 0 Å². The molecule has 0 aromatic heterocycles. The van der Waals surface area contributed by atoms with Gasteiger partial charge in [0.15, 0.2) is 0 Å². The van der Waals surface area contributed by atoms with Crippen molar-refractivity contribution in [3.05, 3.63) is 40.5 Å². The fourth-order valence-corrected chi connectivity index (χ4v) is 1.65. The summed E-state index contributed by atoms with van der Waals surface area (Å²) in [7, 11) is 0. The highest BCUT2D eigenvalue weighted by Gasteiger charge is 1.96. The molecule has 0 aliphatic rings. The maximum atomic E-state index is 2.31. The van der Waals surface area contributed by atoms with Gasteiger partial charge in [-0.15, -0.1) is 0 Å². The van der Waals surface area contributed by atoms with E-state index in [4.69, 9.17) is 0 Å². The van der Waals surface area contributed by atoms with Gasteiger partial charge in [-0.3, -0.25) is 0 Å². The summed E-state index contributed by atoms with van der Waals surface area (Å²) >= 11 is 0. The summed E-state index contributed by atoms with van der Waals surface area (Å²) in [6.07, 6.45) is 4.74. The SMILES string of the molecule is CCCC(C)=Cc1cc(C)ccc1C. The lowest BCUT2D eigenvalue weighted by Gasteiger charge is -2.04. The second kappa shape index (κ2) is 4.99. The fraction of sp³-hybridized carbons (Fsp3) is 0.429. The third-order valence-electron chi connectivity index (χ3n) is 2.48. The highest BCUT2D eigenvalue weighted by atomic mass is 14.0. The zero-order chi connectivity index (χ0) is 10.6. The highest BCUT2D eigenvalue weighted by Crippen LogP contribution is 2.16. The van der Waals surface area contributed by atoms with E-state index in [1.54, 1.807) is 0 Å². The minimum Gasteiger partial charge on any atom is -0.0727 e. The molecule has 0 aliphatic carbocycles. The van der Waals surface area contributed by atoms with Crippen LogP contribution in [0.3, 0.4) is 0 Å². The molecule has 0 saturated carbocycles. The Kier molecular flexibility index (Phi) is 3.94. The summed E-state index contributed by atoms with van der Waals surface area (Å²) in [6.45, 7) is 8.75. The zero-order valence-corrected chi connectivity index (χ0v) is 9.72. The van der Waals surface area contributed by atoms with Gasteiger partial charge in [0.05, 0.1) is 0 Å². The second-order valence-electron chi connectivity index (χ2n) is 4.10. The number of benzene rings is 1. The number of aryl methyl sites for hydroxylation is 2. The topological polar surface area (TPSA) is 0 Å². The maximum absolute atomic E-state index is 2.31. The first-order chi connectivity index (χ1) is 6.63. The van der Waals surface area contributed by atoms with Gasteiger partial charge in [-0.05, 0) is 38.3 Å². The van der Waals surface area contributed by atoms with E-state index >= 15 is 0 Å². The van der Waals surface area contributed by atoms with Crippen molar-refractivity contribution >= 4 is 6.08 Å². The van der Waals surface area contributed by atoms with Crippen molar-refractivity contribution in [1.29, 1.82) is 0 Å². The van der Waals surface area contributed by atoms with Crippen LogP contribution in [0.2, 0.25) is 0 Å². The molecule has 0 amide bonds. The van der Waals surface area contributed by atoms with Gasteiger partial charge in [0.25, 0.3) is 0 Å². The molecule has 0 saturated heterocycles. The van der Waals surface area contributed by atoms with Crippen LogP contribution < -0.4 is 0 Å². The predicted molar refractivity (Wildman–Crippen MR) is 64.5 cm³/mol. The van der Waals surface area contributed by atoms with E-state index in [1.807, 2.05) is 0 Å². The van der Waals surface area contributed by atoms with Crippen LogP contribution in [0.15, 0.2) is 23.8 Å². The van der Waals surface area contributed by atoms with Crippen molar-refractivity contribution in [2.24, 2.45) is 0 Å². The molecule has 0 atom stereocenters. The minimum absolute atomic E-state index is 1.20. The first-order valence-electron chi connectivity index (χ1n) is 5.38. The van der Waals surface area contributed by atoms with Crippen LogP contribution in [0.4, 0.5) is 0 Å². The van der Waals surface area contributed by atoms with Gasteiger partial charge in [-0.25, -0.2) is 0 Å². The zero-order valence-electron chi connectivity index (χ0n) is 9.72. The first kappa shape index (κ1) is 11.0.